The molecule has 0 radical (unpaired) electrons. The average Bonchev–Trinajstić information content (AvgIpc) is 2.37. The maximum Gasteiger partial charge on any atom is 0.326 e. The minimum Gasteiger partial charge on any atom is -0.508 e. The van der Waals surface area contributed by atoms with E-state index < -0.39 is 17.9 Å². The summed E-state index contributed by atoms with van der Waals surface area (Å²) >= 11 is 0. The van der Waals surface area contributed by atoms with Crippen molar-refractivity contribution in [1.29, 1.82) is 0 Å². The first-order valence-corrected chi connectivity index (χ1v) is 5.78. The van der Waals surface area contributed by atoms with Gasteiger partial charge in [-0.3, -0.25) is 4.79 Å². The van der Waals surface area contributed by atoms with Crippen LogP contribution in [-0.2, 0) is 9.53 Å². The summed E-state index contributed by atoms with van der Waals surface area (Å²) in [6.45, 7) is 1.82. The van der Waals surface area contributed by atoms with E-state index in [4.69, 9.17) is 9.84 Å². The number of aromatic hydroxyl groups is 1. The van der Waals surface area contributed by atoms with Gasteiger partial charge in [0.15, 0.2) is 0 Å². The predicted molar refractivity (Wildman–Crippen MR) is 68.2 cm³/mol. The molecule has 1 unspecified atom stereocenters. The van der Waals surface area contributed by atoms with E-state index in [1.807, 2.05) is 0 Å². The molecule has 1 amide bonds. The highest BCUT2D eigenvalue weighted by Crippen LogP contribution is 2.19. The van der Waals surface area contributed by atoms with Gasteiger partial charge in [0.25, 0.3) is 5.91 Å². The zero-order valence-corrected chi connectivity index (χ0v) is 10.8. The lowest BCUT2D eigenvalue weighted by molar-refractivity contribution is -0.139. The Morgan fingerprint density at radius 2 is 2.11 bits per heavy atom. The SMILES string of the molecule is COCCC(NC(=O)c1cccc(O)c1C)C(=O)O. The van der Waals surface area contributed by atoms with Crippen molar-refractivity contribution in [2.45, 2.75) is 19.4 Å². The van der Waals surface area contributed by atoms with Crippen molar-refractivity contribution in [3.8, 4) is 5.75 Å². The van der Waals surface area contributed by atoms with E-state index in [-0.39, 0.29) is 24.3 Å². The molecule has 0 bridgehead atoms. The molecule has 6 heteroatoms. The van der Waals surface area contributed by atoms with E-state index in [1.165, 1.54) is 25.3 Å². The first kappa shape index (κ1) is 15.0. The van der Waals surface area contributed by atoms with Gasteiger partial charge in [0.2, 0.25) is 0 Å². The van der Waals surface area contributed by atoms with Crippen molar-refractivity contribution < 1.29 is 24.5 Å². The zero-order valence-electron chi connectivity index (χ0n) is 10.8. The minimum absolute atomic E-state index is 0.00332. The molecule has 1 rings (SSSR count). The summed E-state index contributed by atoms with van der Waals surface area (Å²) < 4.78 is 4.80. The number of methoxy groups -OCH3 is 1. The molecule has 6 nitrogen and oxygen atoms in total. The van der Waals surface area contributed by atoms with Crippen molar-refractivity contribution in [3.05, 3.63) is 29.3 Å². The smallest absolute Gasteiger partial charge is 0.326 e. The van der Waals surface area contributed by atoms with Crippen LogP contribution in [-0.4, -0.2) is 41.8 Å². The van der Waals surface area contributed by atoms with Crippen LogP contribution in [0.15, 0.2) is 18.2 Å². The molecule has 1 atom stereocenters. The van der Waals surface area contributed by atoms with Crippen molar-refractivity contribution in [2.75, 3.05) is 13.7 Å². The number of ether oxygens (including phenoxy) is 1. The summed E-state index contributed by atoms with van der Waals surface area (Å²) in [5.74, 6) is -1.66. The number of carboxylic acids is 1. The molecule has 19 heavy (non-hydrogen) atoms. The Hall–Kier alpha value is -2.08. The molecule has 0 saturated carbocycles. The fourth-order valence-corrected chi connectivity index (χ4v) is 1.60. The first-order chi connectivity index (χ1) is 8.97. The van der Waals surface area contributed by atoms with Crippen LogP contribution in [0.4, 0.5) is 0 Å². The van der Waals surface area contributed by atoms with Gasteiger partial charge in [-0.15, -0.1) is 0 Å². The number of aliphatic carboxylic acids is 1. The van der Waals surface area contributed by atoms with E-state index in [0.29, 0.717) is 5.56 Å². The van der Waals surface area contributed by atoms with E-state index in [9.17, 15) is 14.7 Å². The number of phenols is 1. The number of phenolic OH excluding ortho intramolecular Hbond substituents is 1. The normalized spacial score (nSPS) is 11.9. The Bertz CT molecular complexity index is 472. The number of hydrogen-bond acceptors (Lipinski definition) is 4. The third-order valence-corrected chi connectivity index (χ3v) is 2.76. The van der Waals surface area contributed by atoms with Crippen LogP contribution in [0, 0.1) is 6.92 Å². The number of hydrogen-bond donors (Lipinski definition) is 3. The van der Waals surface area contributed by atoms with E-state index in [2.05, 4.69) is 5.32 Å². The van der Waals surface area contributed by atoms with Crippen molar-refractivity contribution in [3.63, 3.8) is 0 Å². The first-order valence-electron chi connectivity index (χ1n) is 5.78. The molecular weight excluding hydrogens is 250 g/mol. The predicted octanol–water partition coefficient (Wildman–Crippen LogP) is 0.920. The third kappa shape index (κ3) is 3.96. The maximum atomic E-state index is 12.0. The van der Waals surface area contributed by atoms with Gasteiger partial charge < -0.3 is 20.3 Å². The average molecular weight is 267 g/mol. The molecule has 0 aromatic heterocycles. The number of benzene rings is 1. The summed E-state index contributed by atoms with van der Waals surface area (Å²) in [6.07, 6.45) is 0.176. The fourth-order valence-electron chi connectivity index (χ4n) is 1.60. The van der Waals surface area contributed by atoms with Gasteiger partial charge in [0, 0.05) is 31.3 Å². The zero-order chi connectivity index (χ0) is 14.4. The van der Waals surface area contributed by atoms with Crippen LogP contribution < -0.4 is 5.32 Å². The van der Waals surface area contributed by atoms with Crippen LogP contribution in [0.1, 0.15) is 22.3 Å². The molecule has 0 fully saturated rings. The Morgan fingerprint density at radius 3 is 2.68 bits per heavy atom. The molecule has 0 saturated heterocycles. The molecule has 104 valence electrons. The van der Waals surface area contributed by atoms with Gasteiger partial charge in [0.1, 0.15) is 11.8 Å². The van der Waals surface area contributed by atoms with Gasteiger partial charge in [0.05, 0.1) is 0 Å². The molecular formula is C13H17NO5. The minimum atomic E-state index is -1.12. The van der Waals surface area contributed by atoms with Crippen molar-refractivity contribution in [1.82, 2.24) is 5.32 Å². The number of nitrogens with one attached hydrogen (secondary N) is 1. The number of rotatable bonds is 6. The second-order valence-electron chi connectivity index (χ2n) is 4.10. The molecule has 0 aliphatic rings. The van der Waals surface area contributed by atoms with Gasteiger partial charge in [-0.05, 0) is 19.1 Å². The molecule has 0 aliphatic carbocycles. The van der Waals surface area contributed by atoms with Gasteiger partial charge >= 0.3 is 5.97 Å². The van der Waals surface area contributed by atoms with Gasteiger partial charge in [-0.25, -0.2) is 4.79 Å². The molecule has 0 spiro atoms. The van der Waals surface area contributed by atoms with Crippen molar-refractivity contribution in [2.24, 2.45) is 0 Å². The molecule has 0 aliphatic heterocycles. The highest BCUT2D eigenvalue weighted by molar-refractivity contribution is 5.98. The summed E-state index contributed by atoms with van der Waals surface area (Å²) in [6, 6.07) is 3.50. The lowest BCUT2D eigenvalue weighted by atomic mass is 10.1. The fraction of sp³-hybridized carbons (Fsp3) is 0.385. The Kier molecular flexibility index (Phi) is 5.32. The van der Waals surface area contributed by atoms with Crippen LogP contribution >= 0.6 is 0 Å². The largest absolute Gasteiger partial charge is 0.508 e. The lowest BCUT2D eigenvalue weighted by Gasteiger charge is -2.15. The summed E-state index contributed by atoms with van der Waals surface area (Å²) in [5, 5.41) is 20.9. The highest BCUT2D eigenvalue weighted by Gasteiger charge is 2.21. The Labute approximate surface area is 111 Å². The standard InChI is InChI=1S/C13H17NO5/c1-8-9(4-3-5-11(8)15)12(16)14-10(13(17)18)6-7-19-2/h3-5,10,15H,6-7H2,1-2H3,(H,14,16)(H,17,18). The molecule has 1 aromatic rings. The van der Waals surface area contributed by atoms with E-state index in [0.717, 1.165) is 0 Å². The number of carbonyl (C=O) groups excluding carboxylic acids is 1. The monoisotopic (exact) mass is 267 g/mol. The van der Waals surface area contributed by atoms with Crippen LogP contribution in [0.25, 0.3) is 0 Å². The van der Waals surface area contributed by atoms with Crippen LogP contribution in [0.5, 0.6) is 5.75 Å². The summed E-state index contributed by atoms with van der Waals surface area (Å²) in [4.78, 5) is 23.0. The van der Waals surface area contributed by atoms with Crippen LogP contribution in [0.2, 0.25) is 0 Å². The summed E-state index contributed by atoms with van der Waals surface area (Å²) in [7, 11) is 1.46. The topological polar surface area (TPSA) is 95.9 Å². The van der Waals surface area contributed by atoms with Crippen molar-refractivity contribution >= 4 is 11.9 Å². The third-order valence-electron chi connectivity index (χ3n) is 2.76. The van der Waals surface area contributed by atoms with Gasteiger partial charge in [-0.1, -0.05) is 6.07 Å². The molecule has 0 heterocycles. The molecule has 3 N–H and O–H groups in total. The van der Waals surface area contributed by atoms with E-state index >= 15 is 0 Å². The highest BCUT2D eigenvalue weighted by atomic mass is 16.5. The lowest BCUT2D eigenvalue weighted by Crippen LogP contribution is -2.41. The van der Waals surface area contributed by atoms with Gasteiger partial charge in [-0.2, -0.15) is 0 Å². The Balaban J connectivity index is 2.82. The maximum absolute atomic E-state index is 12.0. The van der Waals surface area contributed by atoms with Crippen LogP contribution in [0.3, 0.4) is 0 Å². The number of carboxylic acid groups (broad SMARTS) is 1. The summed E-state index contributed by atoms with van der Waals surface area (Å²) in [5.41, 5.74) is 0.666. The molecule has 1 aromatic carbocycles. The second kappa shape index (κ2) is 6.75. The quantitative estimate of drug-likeness (QED) is 0.712. The van der Waals surface area contributed by atoms with E-state index in [1.54, 1.807) is 6.92 Å². The Morgan fingerprint density at radius 1 is 1.42 bits per heavy atom. The number of amides is 1. The second-order valence-corrected chi connectivity index (χ2v) is 4.10. The number of carbonyl (C=O) groups is 2.